The third kappa shape index (κ3) is 5.88. The van der Waals surface area contributed by atoms with Crippen LogP contribution in [0.15, 0.2) is 47.9 Å². The van der Waals surface area contributed by atoms with Gasteiger partial charge in [0.25, 0.3) is 0 Å². The molecule has 2 N–H and O–H groups in total. The summed E-state index contributed by atoms with van der Waals surface area (Å²) in [5.41, 5.74) is 1.29. The van der Waals surface area contributed by atoms with Crippen LogP contribution in [0.2, 0.25) is 0 Å². The van der Waals surface area contributed by atoms with E-state index in [4.69, 9.17) is 0 Å². The van der Waals surface area contributed by atoms with Crippen molar-refractivity contribution >= 4 is 39.0 Å². The number of carbonyl (C=O) groups excluding carboxylic acids is 1. The predicted molar refractivity (Wildman–Crippen MR) is 94.8 cm³/mol. The van der Waals surface area contributed by atoms with Crippen LogP contribution < -0.4 is 10.0 Å². The minimum atomic E-state index is -3.32. The number of anilines is 1. The summed E-state index contributed by atoms with van der Waals surface area (Å²) in [6, 6.07) is 10.6. The monoisotopic (exact) mass is 350 g/mol. The lowest BCUT2D eigenvalue weighted by Gasteiger charge is -2.14. The smallest absolute Gasteiger partial charge is 0.244 e. The van der Waals surface area contributed by atoms with Crippen LogP contribution in [0, 0.1) is 0 Å². The Morgan fingerprint density at radius 3 is 2.70 bits per heavy atom. The number of rotatable bonds is 6. The quantitative estimate of drug-likeness (QED) is 0.787. The lowest BCUT2D eigenvalue weighted by molar-refractivity contribution is -0.117. The first-order chi connectivity index (χ1) is 10.8. The van der Waals surface area contributed by atoms with Crippen molar-refractivity contribution in [3.63, 3.8) is 0 Å². The van der Waals surface area contributed by atoms with Crippen LogP contribution in [0.4, 0.5) is 5.69 Å². The van der Waals surface area contributed by atoms with Crippen LogP contribution in [-0.2, 0) is 14.8 Å². The number of amides is 1. The van der Waals surface area contributed by atoms with Gasteiger partial charge in [0.05, 0.1) is 12.3 Å². The van der Waals surface area contributed by atoms with Crippen molar-refractivity contribution in [1.29, 1.82) is 0 Å². The van der Waals surface area contributed by atoms with Gasteiger partial charge in [-0.15, -0.1) is 11.3 Å². The average Bonchev–Trinajstić information content (AvgIpc) is 2.97. The van der Waals surface area contributed by atoms with Gasteiger partial charge in [0.15, 0.2) is 0 Å². The van der Waals surface area contributed by atoms with Gasteiger partial charge >= 0.3 is 0 Å². The van der Waals surface area contributed by atoms with Crippen molar-refractivity contribution in [2.75, 3.05) is 11.0 Å². The second kappa shape index (κ2) is 7.43. The van der Waals surface area contributed by atoms with E-state index in [0.717, 1.165) is 16.7 Å². The molecule has 0 aliphatic rings. The van der Waals surface area contributed by atoms with Gasteiger partial charge in [-0.25, -0.2) is 8.42 Å². The van der Waals surface area contributed by atoms with E-state index in [1.54, 1.807) is 35.6 Å². The Hall–Kier alpha value is -2.12. The zero-order chi connectivity index (χ0) is 16.9. The first-order valence-corrected chi connectivity index (χ1v) is 9.70. The van der Waals surface area contributed by atoms with Crippen LogP contribution in [0.25, 0.3) is 6.08 Å². The second-order valence-electron chi connectivity index (χ2n) is 5.08. The van der Waals surface area contributed by atoms with Crippen LogP contribution in [-0.4, -0.2) is 20.6 Å². The molecule has 1 unspecified atom stereocenters. The molecule has 0 saturated heterocycles. The Balaban J connectivity index is 2.01. The fraction of sp³-hybridized carbons (Fsp3) is 0.188. The van der Waals surface area contributed by atoms with Crippen molar-refractivity contribution in [3.05, 3.63) is 58.3 Å². The summed E-state index contributed by atoms with van der Waals surface area (Å²) in [5, 5.41) is 4.80. The molecule has 0 saturated carbocycles. The van der Waals surface area contributed by atoms with Gasteiger partial charge in [-0.1, -0.05) is 18.2 Å². The van der Waals surface area contributed by atoms with Gasteiger partial charge in [-0.3, -0.25) is 9.52 Å². The Morgan fingerprint density at radius 1 is 1.26 bits per heavy atom. The number of hydrogen-bond donors (Lipinski definition) is 2. The second-order valence-corrected chi connectivity index (χ2v) is 7.81. The van der Waals surface area contributed by atoms with E-state index in [1.165, 1.54) is 6.08 Å². The SMILES string of the molecule is CC(NC(=O)/C=C/c1cccs1)c1cccc(NS(C)(=O)=O)c1. The van der Waals surface area contributed by atoms with Crippen molar-refractivity contribution < 1.29 is 13.2 Å². The number of thiophene rings is 1. The molecule has 2 rings (SSSR count). The van der Waals surface area contributed by atoms with Gasteiger partial charge in [-0.2, -0.15) is 0 Å². The highest BCUT2D eigenvalue weighted by molar-refractivity contribution is 7.92. The molecule has 1 atom stereocenters. The maximum Gasteiger partial charge on any atom is 0.244 e. The molecule has 5 nitrogen and oxygen atoms in total. The summed E-state index contributed by atoms with van der Waals surface area (Å²) < 4.78 is 25.0. The molecule has 0 aliphatic carbocycles. The summed E-state index contributed by atoms with van der Waals surface area (Å²) in [4.78, 5) is 12.9. The van der Waals surface area contributed by atoms with Gasteiger partial charge in [0.1, 0.15) is 0 Å². The van der Waals surface area contributed by atoms with E-state index in [9.17, 15) is 13.2 Å². The van der Waals surface area contributed by atoms with Gasteiger partial charge in [0.2, 0.25) is 15.9 Å². The van der Waals surface area contributed by atoms with Crippen molar-refractivity contribution in [1.82, 2.24) is 5.32 Å². The number of benzene rings is 1. The molecule has 7 heteroatoms. The summed E-state index contributed by atoms with van der Waals surface area (Å²) in [5.74, 6) is -0.202. The highest BCUT2D eigenvalue weighted by atomic mass is 32.2. The normalized spacial score (nSPS) is 13.0. The fourth-order valence-corrected chi connectivity index (χ4v) is 3.15. The summed E-state index contributed by atoms with van der Waals surface area (Å²) in [6.07, 6.45) is 4.34. The van der Waals surface area contributed by atoms with Crippen molar-refractivity contribution in [2.45, 2.75) is 13.0 Å². The maximum absolute atomic E-state index is 11.9. The largest absolute Gasteiger partial charge is 0.346 e. The standard InChI is InChI=1S/C16H18N2O3S2/c1-12(17-16(19)9-8-15-7-4-10-22-15)13-5-3-6-14(11-13)18-23(2,20)21/h3-12,18H,1-2H3,(H,17,19)/b9-8+. The Kier molecular flexibility index (Phi) is 5.57. The minimum Gasteiger partial charge on any atom is -0.346 e. The highest BCUT2D eigenvalue weighted by Crippen LogP contribution is 2.18. The third-order valence-electron chi connectivity index (χ3n) is 2.99. The van der Waals surface area contributed by atoms with Crippen LogP contribution in [0.1, 0.15) is 23.4 Å². The fourth-order valence-electron chi connectivity index (χ4n) is 1.97. The van der Waals surface area contributed by atoms with E-state index >= 15 is 0 Å². The first kappa shape index (κ1) is 17.2. The Bertz CT molecular complexity index is 796. The minimum absolute atomic E-state index is 0.202. The summed E-state index contributed by atoms with van der Waals surface area (Å²) in [7, 11) is -3.32. The third-order valence-corrected chi connectivity index (χ3v) is 4.43. The number of sulfonamides is 1. The van der Waals surface area contributed by atoms with Crippen molar-refractivity contribution in [3.8, 4) is 0 Å². The summed E-state index contributed by atoms with van der Waals surface area (Å²) >= 11 is 1.56. The molecular weight excluding hydrogens is 332 g/mol. The first-order valence-electron chi connectivity index (χ1n) is 6.93. The topological polar surface area (TPSA) is 75.3 Å². The van der Waals surface area contributed by atoms with E-state index in [2.05, 4.69) is 10.0 Å². The van der Waals surface area contributed by atoms with Gasteiger partial charge in [0, 0.05) is 16.6 Å². The molecule has 1 aromatic carbocycles. The molecule has 0 bridgehead atoms. The van der Waals surface area contributed by atoms with Gasteiger partial charge in [-0.05, 0) is 42.1 Å². The zero-order valence-electron chi connectivity index (χ0n) is 12.8. The molecule has 1 aromatic heterocycles. The molecule has 0 radical (unpaired) electrons. The van der Waals surface area contributed by atoms with Gasteiger partial charge < -0.3 is 5.32 Å². The average molecular weight is 350 g/mol. The van der Waals surface area contributed by atoms with E-state index < -0.39 is 10.0 Å². The van der Waals surface area contributed by atoms with Crippen molar-refractivity contribution in [2.24, 2.45) is 0 Å². The van der Waals surface area contributed by atoms with Crippen LogP contribution >= 0.6 is 11.3 Å². The maximum atomic E-state index is 11.9. The molecule has 1 amide bonds. The van der Waals surface area contributed by atoms with E-state index in [-0.39, 0.29) is 11.9 Å². The zero-order valence-corrected chi connectivity index (χ0v) is 14.4. The lowest BCUT2D eigenvalue weighted by atomic mass is 10.1. The molecule has 0 spiro atoms. The molecule has 23 heavy (non-hydrogen) atoms. The number of carbonyl (C=O) groups is 1. The lowest BCUT2D eigenvalue weighted by Crippen LogP contribution is -2.24. The Morgan fingerprint density at radius 2 is 2.04 bits per heavy atom. The highest BCUT2D eigenvalue weighted by Gasteiger charge is 2.09. The molecule has 2 aromatic rings. The predicted octanol–water partition coefficient (Wildman–Crippen LogP) is 3.01. The van der Waals surface area contributed by atoms with Crippen LogP contribution in [0.3, 0.4) is 0 Å². The summed E-state index contributed by atoms with van der Waals surface area (Å²) in [6.45, 7) is 1.84. The van der Waals surface area contributed by atoms with Crippen LogP contribution in [0.5, 0.6) is 0 Å². The van der Waals surface area contributed by atoms with E-state index in [0.29, 0.717) is 5.69 Å². The Labute approximate surface area is 140 Å². The van der Waals surface area contributed by atoms with E-state index in [1.807, 2.05) is 30.5 Å². The molecule has 0 aliphatic heterocycles. The molecule has 0 fully saturated rings. The number of nitrogens with one attached hydrogen (secondary N) is 2. The molecule has 1 heterocycles. The number of hydrogen-bond acceptors (Lipinski definition) is 4. The molecule has 122 valence electrons. The molecular formula is C16H18N2O3S2.